The first-order chi connectivity index (χ1) is 11.7. The number of hydrogen-bond donors (Lipinski definition) is 0. The molecule has 2 heterocycles. The van der Waals surface area contributed by atoms with Gasteiger partial charge in [0.15, 0.2) is 5.16 Å². The third kappa shape index (κ3) is 2.91. The molecular formula is C17H19N3O3S. The molecule has 1 aromatic heterocycles. The molecule has 126 valence electrons. The molecule has 0 bridgehead atoms. The van der Waals surface area contributed by atoms with Gasteiger partial charge in [0.05, 0.1) is 25.5 Å². The average molecular weight is 345 g/mol. The molecular weight excluding hydrogens is 326 g/mol. The molecule has 24 heavy (non-hydrogen) atoms. The SMILES string of the molecule is C/N=C/c1c(-c2ccc(OC)cc2OC)nc2n(c1=O)CCCS2. The minimum absolute atomic E-state index is 0.0642. The minimum Gasteiger partial charge on any atom is -0.497 e. The van der Waals surface area contributed by atoms with Crippen LogP contribution in [0, 0.1) is 0 Å². The first-order valence-electron chi connectivity index (χ1n) is 7.61. The number of fused-ring (bicyclic) bond motifs is 1. The van der Waals surface area contributed by atoms with E-state index in [4.69, 9.17) is 14.5 Å². The van der Waals surface area contributed by atoms with Crippen LogP contribution in [-0.4, -0.2) is 42.8 Å². The zero-order valence-electron chi connectivity index (χ0n) is 13.9. The van der Waals surface area contributed by atoms with Gasteiger partial charge in [0.25, 0.3) is 5.56 Å². The number of aliphatic imine (C=N–C) groups is 1. The summed E-state index contributed by atoms with van der Waals surface area (Å²) in [6, 6.07) is 5.47. The van der Waals surface area contributed by atoms with Crippen LogP contribution < -0.4 is 15.0 Å². The van der Waals surface area contributed by atoms with Gasteiger partial charge in [0.1, 0.15) is 11.5 Å². The molecule has 0 N–H and O–H groups in total. The quantitative estimate of drug-likeness (QED) is 0.629. The fourth-order valence-electron chi connectivity index (χ4n) is 2.69. The minimum atomic E-state index is -0.0642. The van der Waals surface area contributed by atoms with Crippen LogP contribution in [0.4, 0.5) is 0 Å². The molecule has 0 unspecified atom stereocenters. The van der Waals surface area contributed by atoms with Gasteiger partial charge in [0.2, 0.25) is 0 Å². The van der Waals surface area contributed by atoms with Crippen molar-refractivity contribution in [2.24, 2.45) is 4.99 Å². The van der Waals surface area contributed by atoms with Crippen LogP contribution >= 0.6 is 11.8 Å². The second-order valence-electron chi connectivity index (χ2n) is 5.27. The second-order valence-corrected chi connectivity index (χ2v) is 6.33. The molecule has 0 saturated carbocycles. The molecule has 6 nitrogen and oxygen atoms in total. The fourth-order valence-corrected chi connectivity index (χ4v) is 3.63. The van der Waals surface area contributed by atoms with Crippen molar-refractivity contribution in [1.82, 2.24) is 9.55 Å². The standard InChI is InChI=1S/C17H19N3O3S/c1-18-10-13-15(12-6-5-11(22-2)9-14(12)23-3)19-17-20(16(13)21)7-4-8-24-17/h5-6,9-10H,4,7-8H2,1-3H3/b18-10+. The van der Waals surface area contributed by atoms with E-state index < -0.39 is 0 Å². The van der Waals surface area contributed by atoms with Crippen molar-refractivity contribution in [2.45, 2.75) is 18.1 Å². The molecule has 0 aliphatic carbocycles. The molecule has 3 rings (SSSR count). The topological polar surface area (TPSA) is 65.7 Å². The van der Waals surface area contributed by atoms with Gasteiger partial charge in [0, 0.05) is 37.2 Å². The molecule has 2 aromatic rings. The number of aromatic nitrogens is 2. The Bertz CT molecular complexity index is 846. The normalized spacial score (nSPS) is 13.8. The van der Waals surface area contributed by atoms with Crippen LogP contribution in [0.1, 0.15) is 12.0 Å². The highest BCUT2D eigenvalue weighted by atomic mass is 32.2. The molecule has 0 spiro atoms. The highest BCUT2D eigenvalue weighted by Crippen LogP contribution is 2.34. The van der Waals surface area contributed by atoms with E-state index in [-0.39, 0.29) is 5.56 Å². The van der Waals surface area contributed by atoms with Gasteiger partial charge in [-0.15, -0.1) is 0 Å². The van der Waals surface area contributed by atoms with Crippen molar-refractivity contribution < 1.29 is 9.47 Å². The van der Waals surface area contributed by atoms with Crippen molar-refractivity contribution in [3.8, 4) is 22.8 Å². The Morgan fingerprint density at radius 2 is 2.17 bits per heavy atom. The van der Waals surface area contributed by atoms with E-state index in [2.05, 4.69) is 4.99 Å². The lowest BCUT2D eigenvalue weighted by Gasteiger charge is -2.19. The Balaban J connectivity index is 2.27. The van der Waals surface area contributed by atoms with E-state index in [1.165, 1.54) is 0 Å². The number of methoxy groups -OCH3 is 2. The third-order valence-corrected chi connectivity index (χ3v) is 4.91. The first kappa shape index (κ1) is 16.6. The fraction of sp³-hybridized carbons (Fsp3) is 0.353. The summed E-state index contributed by atoms with van der Waals surface area (Å²) >= 11 is 1.60. The summed E-state index contributed by atoms with van der Waals surface area (Å²) in [6.45, 7) is 0.693. The molecule has 7 heteroatoms. The summed E-state index contributed by atoms with van der Waals surface area (Å²) in [5.41, 5.74) is 1.75. The van der Waals surface area contributed by atoms with Gasteiger partial charge in [-0.25, -0.2) is 4.98 Å². The van der Waals surface area contributed by atoms with Crippen molar-refractivity contribution in [1.29, 1.82) is 0 Å². The summed E-state index contributed by atoms with van der Waals surface area (Å²) in [7, 11) is 4.84. The number of hydrogen-bond acceptors (Lipinski definition) is 6. The maximum Gasteiger partial charge on any atom is 0.263 e. The molecule has 0 atom stereocenters. The van der Waals surface area contributed by atoms with Crippen LogP contribution in [0.25, 0.3) is 11.3 Å². The lowest BCUT2D eigenvalue weighted by atomic mass is 10.1. The Labute approximate surface area is 144 Å². The van der Waals surface area contributed by atoms with E-state index in [0.29, 0.717) is 29.3 Å². The lowest BCUT2D eigenvalue weighted by molar-refractivity contribution is 0.395. The number of nitrogens with zero attached hydrogens (tertiary/aromatic N) is 3. The monoisotopic (exact) mass is 345 g/mol. The zero-order chi connectivity index (χ0) is 17.1. The van der Waals surface area contributed by atoms with Gasteiger partial charge in [-0.1, -0.05) is 11.8 Å². The van der Waals surface area contributed by atoms with E-state index in [1.54, 1.807) is 49.9 Å². The largest absolute Gasteiger partial charge is 0.497 e. The summed E-state index contributed by atoms with van der Waals surface area (Å²) < 4.78 is 12.4. The predicted molar refractivity (Wildman–Crippen MR) is 95.9 cm³/mol. The summed E-state index contributed by atoms with van der Waals surface area (Å²) in [6.07, 6.45) is 2.54. The van der Waals surface area contributed by atoms with Gasteiger partial charge >= 0.3 is 0 Å². The van der Waals surface area contributed by atoms with Gasteiger partial charge < -0.3 is 9.47 Å². The van der Waals surface area contributed by atoms with E-state index in [0.717, 1.165) is 22.9 Å². The average Bonchev–Trinajstić information content (AvgIpc) is 2.63. The Kier molecular flexibility index (Phi) is 4.89. The third-order valence-electron chi connectivity index (χ3n) is 3.85. The number of thioether (sulfide) groups is 1. The lowest BCUT2D eigenvalue weighted by Crippen LogP contribution is -2.29. The Hall–Kier alpha value is -2.28. The van der Waals surface area contributed by atoms with E-state index >= 15 is 0 Å². The zero-order valence-corrected chi connectivity index (χ0v) is 14.7. The van der Waals surface area contributed by atoms with Crippen LogP contribution in [0.5, 0.6) is 11.5 Å². The summed E-state index contributed by atoms with van der Waals surface area (Å²) in [4.78, 5) is 21.7. The molecule has 0 saturated heterocycles. The molecule has 0 fully saturated rings. The number of ether oxygens (including phenoxy) is 2. The highest BCUT2D eigenvalue weighted by Gasteiger charge is 2.21. The van der Waals surface area contributed by atoms with Crippen molar-refractivity contribution in [3.63, 3.8) is 0 Å². The predicted octanol–water partition coefficient (Wildman–Crippen LogP) is 2.47. The summed E-state index contributed by atoms with van der Waals surface area (Å²) in [5.74, 6) is 2.26. The van der Waals surface area contributed by atoms with Crippen molar-refractivity contribution in [2.75, 3.05) is 27.0 Å². The van der Waals surface area contributed by atoms with Crippen LogP contribution in [-0.2, 0) is 6.54 Å². The van der Waals surface area contributed by atoms with Gasteiger partial charge in [-0.3, -0.25) is 14.4 Å². The van der Waals surface area contributed by atoms with Gasteiger partial charge in [-0.05, 0) is 18.6 Å². The maximum absolute atomic E-state index is 12.9. The van der Waals surface area contributed by atoms with Crippen molar-refractivity contribution >= 4 is 18.0 Å². The molecule has 1 aromatic carbocycles. The van der Waals surface area contributed by atoms with Crippen LogP contribution in [0.2, 0.25) is 0 Å². The number of benzene rings is 1. The number of rotatable bonds is 4. The molecule has 0 radical (unpaired) electrons. The van der Waals surface area contributed by atoms with Crippen LogP contribution in [0.15, 0.2) is 33.1 Å². The Morgan fingerprint density at radius 1 is 1.33 bits per heavy atom. The summed E-state index contributed by atoms with van der Waals surface area (Å²) in [5, 5.41) is 0.743. The van der Waals surface area contributed by atoms with E-state index in [1.807, 2.05) is 12.1 Å². The smallest absolute Gasteiger partial charge is 0.263 e. The Morgan fingerprint density at radius 3 is 2.88 bits per heavy atom. The molecule has 1 aliphatic rings. The molecule has 0 amide bonds. The van der Waals surface area contributed by atoms with Gasteiger partial charge in [-0.2, -0.15) is 0 Å². The van der Waals surface area contributed by atoms with Crippen molar-refractivity contribution in [3.05, 3.63) is 34.1 Å². The van der Waals surface area contributed by atoms with E-state index in [9.17, 15) is 4.79 Å². The first-order valence-corrected chi connectivity index (χ1v) is 8.60. The molecule has 1 aliphatic heterocycles. The highest BCUT2D eigenvalue weighted by molar-refractivity contribution is 7.99. The van der Waals surface area contributed by atoms with Crippen LogP contribution in [0.3, 0.4) is 0 Å². The maximum atomic E-state index is 12.9. The second kappa shape index (κ2) is 7.09.